The van der Waals surface area contributed by atoms with Gasteiger partial charge in [0.1, 0.15) is 5.75 Å². The fourth-order valence-electron chi connectivity index (χ4n) is 2.00. The molecule has 116 valence electrons. The number of carbonyl (C=O) groups is 1. The Hall–Kier alpha value is -3.42. The van der Waals surface area contributed by atoms with Gasteiger partial charge in [-0.2, -0.15) is 0 Å². The third-order valence-electron chi connectivity index (χ3n) is 3.10. The average molecular weight is 314 g/mol. The van der Waals surface area contributed by atoms with Crippen molar-refractivity contribution in [3.8, 4) is 11.7 Å². The minimum Gasteiger partial charge on any atom is -0.468 e. The lowest BCUT2D eigenvalue weighted by Crippen LogP contribution is -2.09. The van der Waals surface area contributed by atoms with Crippen LogP contribution in [0.5, 0.6) is 11.7 Å². The fourth-order valence-corrected chi connectivity index (χ4v) is 2.00. The SMILES string of the molecule is COc1cc2c(C(=O)Oc3ccc([N+](=O)[O-])cc3)cncc2o1. The van der Waals surface area contributed by atoms with E-state index in [-0.39, 0.29) is 22.9 Å². The number of nitro benzene ring substituents is 1. The average Bonchev–Trinajstić information content (AvgIpc) is 2.98. The van der Waals surface area contributed by atoms with Crippen molar-refractivity contribution >= 4 is 22.6 Å². The molecule has 2 aromatic heterocycles. The molecule has 0 saturated carbocycles. The summed E-state index contributed by atoms with van der Waals surface area (Å²) in [6.07, 6.45) is 2.81. The van der Waals surface area contributed by atoms with Gasteiger partial charge in [-0.25, -0.2) is 4.79 Å². The maximum absolute atomic E-state index is 12.3. The van der Waals surface area contributed by atoms with Crippen LogP contribution in [0.3, 0.4) is 0 Å². The van der Waals surface area contributed by atoms with E-state index in [1.807, 2.05) is 0 Å². The number of pyridine rings is 1. The highest BCUT2D eigenvalue weighted by molar-refractivity contribution is 6.03. The number of methoxy groups -OCH3 is 1. The Morgan fingerprint density at radius 1 is 1.26 bits per heavy atom. The van der Waals surface area contributed by atoms with E-state index in [0.29, 0.717) is 11.0 Å². The second-order valence-corrected chi connectivity index (χ2v) is 4.51. The van der Waals surface area contributed by atoms with Gasteiger partial charge >= 0.3 is 5.97 Å². The van der Waals surface area contributed by atoms with Crippen molar-refractivity contribution in [3.63, 3.8) is 0 Å². The van der Waals surface area contributed by atoms with Gasteiger partial charge in [0, 0.05) is 29.8 Å². The zero-order chi connectivity index (χ0) is 16.4. The van der Waals surface area contributed by atoms with Gasteiger partial charge in [-0.1, -0.05) is 0 Å². The van der Waals surface area contributed by atoms with Crippen molar-refractivity contribution in [1.29, 1.82) is 0 Å². The zero-order valence-electron chi connectivity index (χ0n) is 11.9. The van der Waals surface area contributed by atoms with Gasteiger partial charge in [0.25, 0.3) is 11.6 Å². The molecule has 8 heteroatoms. The molecule has 3 rings (SSSR count). The highest BCUT2D eigenvalue weighted by atomic mass is 16.6. The summed E-state index contributed by atoms with van der Waals surface area (Å²) >= 11 is 0. The number of nitro groups is 1. The molecule has 1 aromatic carbocycles. The summed E-state index contributed by atoms with van der Waals surface area (Å²) in [5.41, 5.74) is 0.501. The predicted molar refractivity (Wildman–Crippen MR) is 78.6 cm³/mol. The van der Waals surface area contributed by atoms with Crippen molar-refractivity contribution in [2.45, 2.75) is 0 Å². The molecule has 3 aromatic rings. The van der Waals surface area contributed by atoms with Crippen molar-refractivity contribution in [3.05, 3.63) is 58.4 Å². The molecule has 0 aliphatic heterocycles. The molecule has 0 aliphatic rings. The Morgan fingerprint density at radius 3 is 2.65 bits per heavy atom. The number of hydrogen-bond acceptors (Lipinski definition) is 7. The van der Waals surface area contributed by atoms with Crippen LogP contribution in [0.15, 0.2) is 47.1 Å². The van der Waals surface area contributed by atoms with Crippen LogP contribution in [-0.4, -0.2) is 23.0 Å². The molecule has 8 nitrogen and oxygen atoms in total. The Balaban J connectivity index is 1.88. The summed E-state index contributed by atoms with van der Waals surface area (Å²) in [5.74, 6) is -0.217. The second-order valence-electron chi connectivity index (χ2n) is 4.51. The summed E-state index contributed by atoms with van der Waals surface area (Å²) in [6.45, 7) is 0. The van der Waals surface area contributed by atoms with Gasteiger partial charge in [-0.15, -0.1) is 0 Å². The molecule has 0 aliphatic carbocycles. The minimum absolute atomic E-state index is 0.0897. The Bertz CT molecular complexity index is 885. The largest absolute Gasteiger partial charge is 0.468 e. The first-order valence-corrected chi connectivity index (χ1v) is 6.46. The number of nitrogens with zero attached hydrogens (tertiary/aromatic N) is 2. The second kappa shape index (κ2) is 5.76. The number of ether oxygens (including phenoxy) is 2. The summed E-state index contributed by atoms with van der Waals surface area (Å²) in [7, 11) is 1.44. The molecule has 0 saturated heterocycles. The number of non-ortho nitro benzene ring substituents is 1. The van der Waals surface area contributed by atoms with Crippen LogP contribution in [0.4, 0.5) is 5.69 Å². The summed E-state index contributed by atoms with van der Waals surface area (Å²) in [6, 6.07) is 6.76. The third kappa shape index (κ3) is 2.82. The van der Waals surface area contributed by atoms with E-state index in [1.165, 1.54) is 43.8 Å². The first kappa shape index (κ1) is 14.5. The number of esters is 1. The topological polar surface area (TPSA) is 105 Å². The van der Waals surface area contributed by atoms with Crippen LogP contribution in [0.25, 0.3) is 11.0 Å². The van der Waals surface area contributed by atoms with Crippen LogP contribution in [0.1, 0.15) is 10.4 Å². The lowest BCUT2D eigenvalue weighted by atomic mass is 10.2. The number of rotatable bonds is 4. The number of hydrogen-bond donors (Lipinski definition) is 0. The lowest BCUT2D eigenvalue weighted by Gasteiger charge is -2.04. The first-order chi connectivity index (χ1) is 11.1. The molecule has 0 N–H and O–H groups in total. The number of aromatic nitrogens is 1. The van der Waals surface area contributed by atoms with E-state index in [2.05, 4.69) is 4.98 Å². The van der Waals surface area contributed by atoms with Crippen LogP contribution in [0, 0.1) is 10.1 Å². The number of benzene rings is 1. The lowest BCUT2D eigenvalue weighted by molar-refractivity contribution is -0.384. The van der Waals surface area contributed by atoms with Crippen LogP contribution in [0.2, 0.25) is 0 Å². The minimum atomic E-state index is -0.652. The highest BCUT2D eigenvalue weighted by Crippen LogP contribution is 2.27. The van der Waals surface area contributed by atoms with Crippen molar-refractivity contribution < 1.29 is 23.6 Å². The molecule has 0 fully saturated rings. The highest BCUT2D eigenvalue weighted by Gasteiger charge is 2.17. The summed E-state index contributed by atoms with van der Waals surface area (Å²) in [4.78, 5) is 26.3. The van der Waals surface area contributed by atoms with Crippen molar-refractivity contribution in [2.24, 2.45) is 0 Å². The molecule has 23 heavy (non-hydrogen) atoms. The molecule has 0 amide bonds. The van der Waals surface area contributed by atoms with Gasteiger partial charge in [-0.3, -0.25) is 15.1 Å². The quantitative estimate of drug-likeness (QED) is 0.315. The molecule has 0 radical (unpaired) electrons. The molecule has 0 unspecified atom stereocenters. The predicted octanol–water partition coefficient (Wildman–Crippen LogP) is 2.96. The molecule has 0 bridgehead atoms. The monoisotopic (exact) mass is 314 g/mol. The standard InChI is InChI=1S/C15H10N2O6/c1-21-14-6-11-12(7-16-8-13(11)23-14)15(18)22-10-4-2-9(3-5-10)17(19)20/h2-8H,1H3. The zero-order valence-corrected chi connectivity index (χ0v) is 11.9. The van der Waals surface area contributed by atoms with E-state index in [9.17, 15) is 14.9 Å². The van der Waals surface area contributed by atoms with Crippen molar-refractivity contribution in [2.75, 3.05) is 7.11 Å². The van der Waals surface area contributed by atoms with Gasteiger partial charge in [0.15, 0.2) is 5.58 Å². The van der Waals surface area contributed by atoms with E-state index in [4.69, 9.17) is 13.9 Å². The Kier molecular flexibility index (Phi) is 3.63. The van der Waals surface area contributed by atoms with E-state index in [0.717, 1.165) is 0 Å². The van der Waals surface area contributed by atoms with Crippen molar-refractivity contribution in [1.82, 2.24) is 4.98 Å². The van der Waals surface area contributed by atoms with E-state index in [1.54, 1.807) is 6.07 Å². The van der Waals surface area contributed by atoms with Gasteiger partial charge in [-0.05, 0) is 12.1 Å². The Morgan fingerprint density at radius 2 is 2.00 bits per heavy atom. The van der Waals surface area contributed by atoms with E-state index < -0.39 is 10.9 Å². The first-order valence-electron chi connectivity index (χ1n) is 6.46. The van der Waals surface area contributed by atoms with Gasteiger partial charge in [0.05, 0.1) is 23.8 Å². The molecule has 2 heterocycles. The van der Waals surface area contributed by atoms with Crippen LogP contribution in [-0.2, 0) is 0 Å². The number of fused-ring (bicyclic) bond motifs is 1. The normalized spacial score (nSPS) is 10.5. The fraction of sp³-hybridized carbons (Fsp3) is 0.0667. The Labute approximate surface area is 129 Å². The molecular weight excluding hydrogens is 304 g/mol. The third-order valence-corrected chi connectivity index (χ3v) is 3.10. The van der Waals surface area contributed by atoms with Gasteiger partial charge in [0.2, 0.25) is 0 Å². The summed E-state index contributed by atoms with van der Waals surface area (Å²) in [5, 5.41) is 11.1. The van der Waals surface area contributed by atoms with Crippen LogP contribution < -0.4 is 9.47 Å². The van der Waals surface area contributed by atoms with E-state index >= 15 is 0 Å². The number of furan rings is 1. The summed E-state index contributed by atoms with van der Waals surface area (Å²) < 4.78 is 15.5. The van der Waals surface area contributed by atoms with Gasteiger partial charge < -0.3 is 13.9 Å². The molecule has 0 atom stereocenters. The maximum Gasteiger partial charge on any atom is 0.345 e. The molecular formula is C15H10N2O6. The maximum atomic E-state index is 12.3. The number of carbonyl (C=O) groups excluding carboxylic acids is 1. The smallest absolute Gasteiger partial charge is 0.345 e. The molecule has 0 spiro atoms. The van der Waals surface area contributed by atoms with Crippen LogP contribution >= 0.6 is 0 Å².